The Bertz CT molecular complexity index is 334. The normalized spacial score (nSPS) is 20.7. The van der Waals surface area contributed by atoms with Crippen LogP contribution in [0.1, 0.15) is 11.7 Å². The van der Waals surface area contributed by atoms with Gasteiger partial charge >= 0.3 is 0 Å². The third-order valence-corrected chi connectivity index (χ3v) is 1.78. The molecule has 1 aliphatic heterocycles. The lowest BCUT2D eigenvalue weighted by atomic mass is 10.2. The lowest BCUT2D eigenvalue weighted by Crippen LogP contribution is -2.15. The largest absolute Gasteiger partial charge is 0.265 e. The topological polar surface area (TPSA) is 28.5 Å². The first-order valence-electron chi connectivity index (χ1n) is 3.92. The van der Waals surface area contributed by atoms with E-state index < -0.39 is 6.17 Å². The third kappa shape index (κ3) is 1.56. The minimum absolute atomic E-state index is 0.562. The summed E-state index contributed by atoms with van der Waals surface area (Å²) < 4.78 is 13.1. The van der Waals surface area contributed by atoms with Gasteiger partial charge < -0.3 is 0 Å². The molecule has 0 amide bonds. The summed E-state index contributed by atoms with van der Waals surface area (Å²) in [5, 5.41) is 0.565. The van der Waals surface area contributed by atoms with Crippen LogP contribution >= 0.6 is 0 Å². The molecule has 2 rings (SSSR count). The molecule has 1 aromatic heterocycles. The maximum atomic E-state index is 13.1. The molecule has 0 spiro atoms. The molecule has 1 atom stereocenters. The van der Waals surface area contributed by atoms with Gasteiger partial charge in [0.15, 0.2) is 6.17 Å². The number of aliphatic imine (C=N–C) groups is 1. The number of aromatic nitrogens is 1. The van der Waals surface area contributed by atoms with Gasteiger partial charge in [0.2, 0.25) is 0 Å². The number of allylic oxidation sites excluding steroid dienone is 1. The number of rotatable bonds is 1. The lowest BCUT2D eigenvalue weighted by Gasteiger charge is -2.20. The van der Waals surface area contributed by atoms with Gasteiger partial charge in [-0.05, 0) is 18.2 Å². The van der Waals surface area contributed by atoms with Gasteiger partial charge in [0, 0.05) is 30.4 Å². The molecule has 0 N–H and O–H groups in total. The summed E-state index contributed by atoms with van der Waals surface area (Å²) >= 11 is 0. The highest BCUT2D eigenvalue weighted by atomic mass is 19.2. The van der Waals surface area contributed by atoms with Gasteiger partial charge in [-0.3, -0.25) is 9.98 Å². The summed E-state index contributed by atoms with van der Waals surface area (Å²) in [4.78, 5) is 7.85. The maximum Gasteiger partial charge on any atom is 0.175 e. The van der Waals surface area contributed by atoms with Crippen LogP contribution < -0.4 is 0 Å². The van der Waals surface area contributed by atoms with Crippen LogP contribution in [0.2, 0.25) is 0 Å². The van der Waals surface area contributed by atoms with E-state index in [1.807, 2.05) is 0 Å². The molecule has 0 saturated heterocycles. The van der Waals surface area contributed by atoms with Gasteiger partial charge in [-0.15, -0.1) is 0 Å². The second kappa shape index (κ2) is 3.35. The lowest BCUT2D eigenvalue weighted by molar-refractivity contribution is 0.0380. The zero-order chi connectivity index (χ0) is 9.10. The first kappa shape index (κ1) is 7.91. The van der Waals surface area contributed by atoms with Gasteiger partial charge in [-0.25, -0.2) is 0 Å². The van der Waals surface area contributed by atoms with Crippen molar-refractivity contribution >= 4 is 6.21 Å². The number of halogens is 1. The summed E-state index contributed by atoms with van der Waals surface area (Å²) in [5.41, 5.74) is 0.790. The van der Waals surface area contributed by atoms with Crippen molar-refractivity contribution < 1.29 is 4.48 Å². The standard InChI is InChI=1S/C9H8FN3/c10-13-7-1-4-12-9(13)8-2-5-11-6-3-8/h1-7,9H. The van der Waals surface area contributed by atoms with Crippen molar-refractivity contribution in [2.24, 2.45) is 4.99 Å². The van der Waals surface area contributed by atoms with Crippen molar-refractivity contribution in [3.8, 4) is 0 Å². The molecule has 66 valence electrons. The Morgan fingerprint density at radius 3 is 2.77 bits per heavy atom. The molecule has 0 fully saturated rings. The van der Waals surface area contributed by atoms with Gasteiger partial charge in [0.25, 0.3) is 0 Å². The maximum absolute atomic E-state index is 13.1. The zero-order valence-corrected chi connectivity index (χ0v) is 6.84. The first-order chi connectivity index (χ1) is 6.38. The number of hydrogen-bond donors (Lipinski definition) is 0. The summed E-state index contributed by atoms with van der Waals surface area (Å²) in [5.74, 6) is 0. The fraction of sp³-hybridized carbons (Fsp3) is 0.111. The van der Waals surface area contributed by atoms with Crippen molar-refractivity contribution in [2.75, 3.05) is 0 Å². The van der Waals surface area contributed by atoms with E-state index in [1.54, 1.807) is 36.8 Å². The van der Waals surface area contributed by atoms with Crippen LogP contribution in [-0.4, -0.2) is 16.3 Å². The smallest absolute Gasteiger partial charge is 0.175 e. The highest BCUT2D eigenvalue weighted by Crippen LogP contribution is 2.23. The predicted molar refractivity (Wildman–Crippen MR) is 47.6 cm³/mol. The minimum Gasteiger partial charge on any atom is -0.265 e. The minimum atomic E-state index is -0.562. The average Bonchev–Trinajstić information content (AvgIpc) is 2.20. The molecule has 0 saturated carbocycles. The predicted octanol–water partition coefficient (Wildman–Crippen LogP) is 1.86. The van der Waals surface area contributed by atoms with E-state index in [9.17, 15) is 4.48 Å². The molecule has 0 radical (unpaired) electrons. The quantitative estimate of drug-likeness (QED) is 0.612. The van der Waals surface area contributed by atoms with E-state index >= 15 is 0 Å². The Balaban J connectivity index is 2.27. The summed E-state index contributed by atoms with van der Waals surface area (Å²) in [6, 6.07) is 3.49. The van der Waals surface area contributed by atoms with E-state index in [1.165, 1.54) is 6.20 Å². The molecule has 1 unspecified atom stereocenters. The van der Waals surface area contributed by atoms with Crippen molar-refractivity contribution in [2.45, 2.75) is 6.17 Å². The zero-order valence-electron chi connectivity index (χ0n) is 6.84. The third-order valence-electron chi connectivity index (χ3n) is 1.78. The molecular formula is C9H8FN3. The van der Waals surface area contributed by atoms with E-state index in [4.69, 9.17) is 0 Å². The average molecular weight is 177 g/mol. The monoisotopic (exact) mass is 177 g/mol. The molecule has 2 heterocycles. The fourth-order valence-electron chi connectivity index (χ4n) is 1.16. The van der Waals surface area contributed by atoms with Gasteiger partial charge in [0.05, 0.1) is 0 Å². The van der Waals surface area contributed by atoms with E-state index in [0.717, 1.165) is 5.56 Å². The second-order valence-electron chi connectivity index (χ2n) is 2.64. The molecule has 0 bridgehead atoms. The Kier molecular flexibility index (Phi) is 2.04. The molecule has 1 aliphatic rings. The van der Waals surface area contributed by atoms with E-state index in [0.29, 0.717) is 5.12 Å². The van der Waals surface area contributed by atoms with Crippen LogP contribution in [0.15, 0.2) is 41.8 Å². The molecule has 3 nitrogen and oxygen atoms in total. The number of nitrogens with zero attached hydrogens (tertiary/aromatic N) is 3. The second-order valence-corrected chi connectivity index (χ2v) is 2.64. The summed E-state index contributed by atoms with van der Waals surface area (Å²) in [7, 11) is 0. The van der Waals surface area contributed by atoms with Crippen molar-refractivity contribution in [1.82, 2.24) is 10.1 Å². The fourth-order valence-corrected chi connectivity index (χ4v) is 1.16. The van der Waals surface area contributed by atoms with Crippen LogP contribution in [0.4, 0.5) is 4.48 Å². The van der Waals surface area contributed by atoms with Crippen molar-refractivity contribution in [3.05, 3.63) is 42.4 Å². The molecule has 4 heteroatoms. The van der Waals surface area contributed by atoms with Crippen LogP contribution in [0.5, 0.6) is 0 Å². The molecular weight excluding hydrogens is 169 g/mol. The highest BCUT2D eigenvalue weighted by molar-refractivity contribution is 5.71. The Hall–Kier alpha value is -1.71. The van der Waals surface area contributed by atoms with E-state index in [2.05, 4.69) is 9.98 Å². The van der Waals surface area contributed by atoms with Crippen LogP contribution in [-0.2, 0) is 0 Å². The first-order valence-corrected chi connectivity index (χ1v) is 3.92. The van der Waals surface area contributed by atoms with Gasteiger partial charge in [-0.2, -0.15) is 5.12 Å². The van der Waals surface area contributed by atoms with E-state index in [-0.39, 0.29) is 0 Å². The van der Waals surface area contributed by atoms with Crippen LogP contribution in [0, 0.1) is 0 Å². The molecule has 0 aromatic carbocycles. The molecule has 1 aromatic rings. The SMILES string of the molecule is FN1C=CC=NC1c1ccncc1. The number of pyridine rings is 1. The van der Waals surface area contributed by atoms with Crippen LogP contribution in [0.3, 0.4) is 0 Å². The van der Waals surface area contributed by atoms with Gasteiger partial charge in [0.1, 0.15) is 0 Å². The summed E-state index contributed by atoms with van der Waals surface area (Å²) in [6.07, 6.45) is 7.17. The van der Waals surface area contributed by atoms with Gasteiger partial charge in [-0.1, -0.05) is 4.48 Å². The molecule has 13 heavy (non-hydrogen) atoms. The molecule has 0 aliphatic carbocycles. The van der Waals surface area contributed by atoms with Crippen molar-refractivity contribution in [3.63, 3.8) is 0 Å². The summed E-state index contributed by atoms with van der Waals surface area (Å²) in [6.45, 7) is 0. The van der Waals surface area contributed by atoms with Crippen molar-refractivity contribution in [1.29, 1.82) is 0 Å². The Morgan fingerprint density at radius 1 is 1.31 bits per heavy atom. The Morgan fingerprint density at radius 2 is 2.08 bits per heavy atom. The highest BCUT2D eigenvalue weighted by Gasteiger charge is 2.16. The van der Waals surface area contributed by atoms with Crippen LogP contribution in [0.25, 0.3) is 0 Å². The Labute approximate surface area is 75.2 Å². The number of hydrogen-bond acceptors (Lipinski definition) is 3.